The van der Waals surface area contributed by atoms with E-state index in [1.54, 1.807) is 12.1 Å². The van der Waals surface area contributed by atoms with Crippen molar-refractivity contribution in [2.75, 3.05) is 6.54 Å². The standard InChI is InChI=1S/C21H28N2O3S/c1-16(2)14-22-21(24)19-11-8-12-20(13-19)27(25,26)23(17(3)4)15-18-9-6-5-7-10-18/h5-13,16-17H,14-15H2,1-4H3,(H,22,24). The van der Waals surface area contributed by atoms with Gasteiger partial charge in [-0.3, -0.25) is 4.79 Å². The summed E-state index contributed by atoms with van der Waals surface area (Å²) in [4.78, 5) is 12.4. The Morgan fingerprint density at radius 1 is 1.00 bits per heavy atom. The van der Waals surface area contributed by atoms with Gasteiger partial charge in [0.15, 0.2) is 0 Å². The van der Waals surface area contributed by atoms with E-state index < -0.39 is 10.0 Å². The number of carbonyl (C=O) groups is 1. The van der Waals surface area contributed by atoms with Crippen molar-refractivity contribution < 1.29 is 13.2 Å². The molecule has 0 heterocycles. The second-order valence-corrected chi connectivity index (χ2v) is 9.15. The lowest BCUT2D eigenvalue weighted by Crippen LogP contribution is -2.36. The van der Waals surface area contributed by atoms with Crippen LogP contribution in [-0.2, 0) is 16.6 Å². The molecule has 0 aliphatic heterocycles. The van der Waals surface area contributed by atoms with E-state index >= 15 is 0 Å². The molecule has 0 atom stereocenters. The summed E-state index contributed by atoms with van der Waals surface area (Å²) in [5, 5.41) is 2.82. The van der Waals surface area contributed by atoms with Crippen LogP contribution in [0.1, 0.15) is 43.6 Å². The summed E-state index contributed by atoms with van der Waals surface area (Å²) in [5.74, 6) is 0.0584. The number of sulfonamides is 1. The Morgan fingerprint density at radius 3 is 2.26 bits per heavy atom. The molecule has 6 heteroatoms. The van der Waals surface area contributed by atoms with Gasteiger partial charge in [0.25, 0.3) is 5.91 Å². The van der Waals surface area contributed by atoms with Crippen molar-refractivity contribution in [1.82, 2.24) is 9.62 Å². The lowest BCUT2D eigenvalue weighted by Gasteiger charge is -2.26. The minimum absolute atomic E-state index is 0.129. The summed E-state index contributed by atoms with van der Waals surface area (Å²) in [6, 6.07) is 15.5. The smallest absolute Gasteiger partial charge is 0.251 e. The maximum Gasteiger partial charge on any atom is 0.251 e. The molecule has 0 fully saturated rings. The first-order chi connectivity index (χ1) is 12.7. The average Bonchev–Trinajstić information content (AvgIpc) is 2.64. The largest absolute Gasteiger partial charge is 0.352 e. The summed E-state index contributed by atoms with van der Waals surface area (Å²) in [7, 11) is -3.73. The number of rotatable bonds is 8. The molecule has 0 unspecified atom stereocenters. The van der Waals surface area contributed by atoms with Crippen LogP contribution in [0.3, 0.4) is 0 Å². The maximum absolute atomic E-state index is 13.2. The lowest BCUT2D eigenvalue weighted by atomic mass is 10.2. The molecule has 0 bridgehead atoms. The van der Waals surface area contributed by atoms with Crippen molar-refractivity contribution in [1.29, 1.82) is 0 Å². The third kappa shape index (κ3) is 5.65. The van der Waals surface area contributed by atoms with E-state index in [0.29, 0.717) is 18.0 Å². The minimum atomic E-state index is -3.73. The molecule has 1 amide bonds. The van der Waals surface area contributed by atoms with E-state index in [2.05, 4.69) is 5.32 Å². The van der Waals surface area contributed by atoms with Gasteiger partial charge in [-0.05, 0) is 43.5 Å². The van der Waals surface area contributed by atoms with Crippen LogP contribution in [0.25, 0.3) is 0 Å². The van der Waals surface area contributed by atoms with Crippen LogP contribution < -0.4 is 5.32 Å². The minimum Gasteiger partial charge on any atom is -0.352 e. The molecule has 0 radical (unpaired) electrons. The van der Waals surface area contributed by atoms with Gasteiger partial charge in [0.05, 0.1) is 4.90 Å². The third-order valence-corrected chi connectivity index (χ3v) is 6.15. The highest BCUT2D eigenvalue weighted by atomic mass is 32.2. The summed E-state index contributed by atoms with van der Waals surface area (Å²) >= 11 is 0. The molecular weight excluding hydrogens is 360 g/mol. The molecule has 0 aliphatic rings. The normalized spacial score (nSPS) is 12.0. The first-order valence-corrected chi connectivity index (χ1v) is 10.6. The van der Waals surface area contributed by atoms with Gasteiger partial charge in [0.1, 0.15) is 0 Å². The Bertz CT molecular complexity index is 862. The molecule has 2 aromatic carbocycles. The quantitative estimate of drug-likeness (QED) is 0.750. The SMILES string of the molecule is CC(C)CNC(=O)c1cccc(S(=O)(=O)N(Cc2ccccc2)C(C)C)c1. The molecule has 27 heavy (non-hydrogen) atoms. The predicted molar refractivity (Wildman–Crippen MR) is 108 cm³/mol. The Balaban J connectivity index is 2.30. The van der Waals surface area contributed by atoms with Crippen molar-refractivity contribution in [3.63, 3.8) is 0 Å². The summed E-state index contributed by atoms with van der Waals surface area (Å²) in [6.45, 7) is 8.53. The Hall–Kier alpha value is -2.18. The van der Waals surface area contributed by atoms with Crippen molar-refractivity contribution in [3.05, 3.63) is 65.7 Å². The Morgan fingerprint density at radius 2 is 1.67 bits per heavy atom. The van der Waals surface area contributed by atoms with Gasteiger partial charge in [0, 0.05) is 24.7 Å². The van der Waals surface area contributed by atoms with Crippen molar-refractivity contribution in [3.8, 4) is 0 Å². The molecule has 0 aliphatic carbocycles. The van der Waals surface area contributed by atoms with Crippen LogP contribution in [0.5, 0.6) is 0 Å². The van der Waals surface area contributed by atoms with E-state index in [1.807, 2.05) is 58.0 Å². The lowest BCUT2D eigenvalue weighted by molar-refractivity contribution is 0.0949. The summed E-state index contributed by atoms with van der Waals surface area (Å²) < 4.78 is 27.9. The zero-order valence-corrected chi connectivity index (χ0v) is 17.2. The van der Waals surface area contributed by atoms with Crippen LogP contribution in [0.15, 0.2) is 59.5 Å². The molecule has 2 aromatic rings. The molecule has 5 nitrogen and oxygen atoms in total. The van der Waals surface area contributed by atoms with Crippen LogP contribution in [0.4, 0.5) is 0 Å². The van der Waals surface area contributed by atoms with Gasteiger partial charge in [-0.15, -0.1) is 0 Å². The van der Waals surface area contributed by atoms with Crippen LogP contribution in [-0.4, -0.2) is 31.2 Å². The first kappa shape index (κ1) is 21.1. The molecule has 0 saturated carbocycles. The van der Waals surface area contributed by atoms with E-state index in [-0.39, 0.29) is 23.4 Å². The zero-order valence-electron chi connectivity index (χ0n) is 16.3. The summed E-state index contributed by atoms with van der Waals surface area (Å²) in [6.07, 6.45) is 0. The number of nitrogens with zero attached hydrogens (tertiary/aromatic N) is 1. The second-order valence-electron chi connectivity index (χ2n) is 7.26. The number of amides is 1. The molecule has 0 saturated heterocycles. The van der Waals surface area contributed by atoms with Crippen LogP contribution in [0, 0.1) is 5.92 Å². The number of hydrogen-bond donors (Lipinski definition) is 1. The zero-order chi connectivity index (χ0) is 20.0. The molecule has 1 N–H and O–H groups in total. The van der Waals surface area contributed by atoms with E-state index in [4.69, 9.17) is 0 Å². The monoisotopic (exact) mass is 388 g/mol. The highest BCUT2D eigenvalue weighted by molar-refractivity contribution is 7.89. The Labute approximate surface area is 162 Å². The van der Waals surface area contributed by atoms with Gasteiger partial charge in [0.2, 0.25) is 10.0 Å². The highest BCUT2D eigenvalue weighted by Gasteiger charge is 2.27. The van der Waals surface area contributed by atoms with Gasteiger partial charge in [-0.2, -0.15) is 4.31 Å². The fourth-order valence-corrected chi connectivity index (χ4v) is 4.31. The van der Waals surface area contributed by atoms with Crippen LogP contribution in [0.2, 0.25) is 0 Å². The van der Waals surface area contributed by atoms with E-state index in [0.717, 1.165) is 5.56 Å². The molecular formula is C21H28N2O3S. The van der Waals surface area contributed by atoms with Gasteiger partial charge < -0.3 is 5.32 Å². The molecule has 0 spiro atoms. The van der Waals surface area contributed by atoms with E-state index in [9.17, 15) is 13.2 Å². The number of hydrogen-bond acceptors (Lipinski definition) is 3. The van der Waals surface area contributed by atoms with Gasteiger partial charge >= 0.3 is 0 Å². The van der Waals surface area contributed by atoms with Crippen molar-refractivity contribution in [2.45, 2.75) is 45.2 Å². The van der Waals surface area contributed by atoms with Crippen LogP contribution >= 0.6 is 0 Å². The second kappa shape index (κ2) is 9.15. The number of nitrogens with one attached hydrogen (secondary N) is 1. The average molecular weight is 389 g/mol. The summed E-state index contributed by atoms with van der Waals surface area (Å²) in [5.41, 5.74) is 1.26. The third-order valence-electron chi connectivity index (χ3n) is 4.13. The van der Waals surface area contributed by atoms with Crippen molar-refractivity contribution >= 4 is 15.9 Å². The van der Waals surface area contributed by atoms with Gasteiger partial charge in [-0.1, -0.05) is 50.2 Å². The highest BCUT2D eigenvalue weighted by Crippen LogP contribution is 2.22. The topological polar surface area (TPSA) is 66.5 Å². The first-order valence-electron chi connectivity index (χ1n) is 9.16. The van der Waals surface area contributed by atoms with Crippen molar-refractivity contribution in [2.24, 2.45) is 5.92 Å². The molecule has 0 aromatic heterocycles. The van der Waals surface area contributed by atoms with E-state index in [1.165, 1.54) is 16.4 Å². The van der Waals surface area contributed by atoms with Gasteiger partial charge in [-0.25, -0.2) is 8.42 Å². The fourth-order valence-electron chi connectivity index (χ4n) is 2.64. The Kier molecular flexibility index (Phi) is 7.16. The number of carbonyl (C=O) groups excluding carboxylic acids is 1. The maximum atomic E-state index is 13.2. The predicted octanol–water partition coefficient (Wildman–Crippen LogP) is 3.67. The number of benzene rings is 2. The fraction of sp³-hybridized carbons (Fsp3) is 0.381. The molecule has 146 valence electrons. The molecule has 2 rings (SSSR count).